The van der Waals surface area contributed by atoms with Crippen molar-refractivity contribution in [2.24, 2.45) is 46.3 Å². The topological polar surface area (TPSA) is 37.3 Å². The fourth-order valence-corrected chi connectivity index (χ4v) is 9.10. The number of aliphatic carboxylic acids is 1. The molecule has 0 radical (unpaired) electrons. The van der Waals surface area contributed by atoms with Crippen molar-refractivity contribution in [1.29, 1.82) is 0 Å². The number of fused-ring (bicyclic) bond motifs is 5. The van der Waals surface area contributed by atoms with Crippen LogP contribution in [0.4, 0.5) is 0 Å². The molecule has 168 valence electrons. The fourth-order valence-electron chi connectivity index (χ4n) is 9.10. The fraction of sp³-hybridized carbons (Fsp3) is 0.963. The molecule has 4 rings (SSSR count). The van der Waals surface area contributed by atoms with Gasteiger partial charge in [0.2, 0.25) is 0 Å². The SMILES string of the molecule is CC.CC[C@H]1CC2C3CC[C@H](CCCC(=O)O)C3(C)CC[C@@H]2C2(C)CCCCC12. The van der Waals surface area contributed by atoms with Gasteiger partial charge in [0.25, 0.3) is 0 Å². The molecule has 0 aromatic rings. The van der Waals surface area contributed by atoms with E-state index in [0.717, 1.165) is 48.3 Å². The second-order valence-corrected chi connectivity index (χ2v) is 11.2. The molecular formula is C27H48O2. The van der Waals surface area contributed by atoms with Crippen LogP contribution in [0.5, 0.6) is 0 Å². The molecule has 4 saturated carbocycles. The van der Waals surface area contributed by atoms with Crippen LogP contribution < -0.4 is 0 Å². The van der Waals surface area contributed by atoms with E-state index in [0.29, 0.717) is 17.3 Å². The summed E-state index contributed by atoms with van der Waals surface area (Å²) in [4.78, 5) is 11.0. The lowest BCUT2D eigenvalue weighted by Gasteiger charge is -2.62. The summed E-state index contributed by atoms with van der Waals surface area (Å²) in [5.41, 5.74) is 1.11. The summed E-state index contributed by atoms with van der Waals surface area (Å²) < 4.78 is 0. The summed E-state index contributed by atoms with van der Waals surface area (Å²) in [6.07, 6.45) is 16.9. The molecular weight excluding hydrogens is 356 g/mol. The van der Waals surface area contributed by atoms with Crippen LogP contribution in [-0.4, -0.2) is 11.1 Å². The van der Waals surface area contributed by atoms with E-state index in [1.807, 2.05) is 13.8 Å². The zero-order valence-electron chi connectivity index (χ0n) is 20.0. The Labute approximate surface area is 180 Å². The van der Waals surface area contributed by atoms with Gasteiger partial charge in [-0.1, -0.05) is 53.9 Å². The van der Waals surface area contributed by atoms with Crippen LogP contribution >= 0.6 is 0 Å². The molecule has 0 aromatic carbocycles. The lowest BCUT2D eigenvalue weighted by molar-refractivity contribution is -0.138. The molecule has 0 aromatic heterocycles. The quantitative estimate of drug-likeness (QED) is 0.504. The van der Waals surface area contributed by atoms with Crippen LogP contribution in [0.15, 0.2) is 0 Å². The van der Waals surface area contributed by atoms with Crippen LogP contribution in [0.3, 0.4) is 0 Å². The van der Waals surface area contributed by atoms with E-state index >= 15 is 0 Å². The van der Waals surface area contributed by atoms with E-state index in [1.54, 1.807) is 0 Å². The number of hydrogen-bond donors (Lipinski definition) is 1. The Morgan fingerprint density at radius 1 is 0.931 bits per heavy atom. The molecule has 8 atom stereocenters. The van der Waals surface area contributed by atoms with Crippen LogP contribution in [0.25, 0.3) is 0 Å². The first-order chi connectivity index (χ1) is 13.9. The van der Waals surface area contributed by atoms with Gasteiger partial charge < -0.3 is 5.11 Å². The maximum atomic E-state index is 11.0. The predicted molar refractivity (Wildman–Crippen MR) is 122 cm³/mol. The Balaban J connectivity index is 0.00000117. The van der Waals surface area contributed by atoms with Crippen molar-refractivity contribution in [3.8, 4) is 0 Å². The molecule has 0 saturated heterocycles. The molecule has 2 nitrogen and oxygen atoms in total. The summed E-state index contributed by atoms with van der Waals surface area (Å²) in [6.45, 7) is 11.7. The second-order valence-electron chi connectivity index (χ2n) is 11.2. The lowest BCUT2D eigenvalue weighted by atomic mass is 9.42. The molecule has 0 bridgehead atoms. The van der Waals surface area contributed by atoms with E-state index < -0.39 is 5.97 Å². The summed E-state index contributed by atoms with van der Waals surface area (Å²) >= 11 is 0. The molecule has 4 aliphatic carbocycles. The first-order valence-electron chi connectivity index (χ1n) is 13.1. The minimum absolute atomic E-state index is 0.362. The highest BCUT2D eigenvalue weighted by Gasteiger charge is 2.60. The Hall–Kier alpha value is -0.530. The van der Waals surface area contributed by atoms with Gasteiger partial charge in [-0.3, -0.25) is 4.79 Å². The van der Waals surface area contributed by atoms with Crippen molar-refractivity contribution >= 4 is 5.97 Å². The first kappa shape index (κ1) is 23.1. The summed E-state index contributed by atoms with van der Waals surface area (Å²) in [6, 6.07) is 0. The summed E-state index contributed by atoms with van der Waals surface area (Å²) in [7, 11) is 0. The van der Waals surface area contributed by atoms with Crippen molar-refractivity contribution in [1.82, 2.24) is 0 Å². The van der Waals surface area contributed by atoms with Gasteiger partial charge in [0.1, 0.15) is 0 Å². The Morgan fingerprint density at radius 2 is 1.66 bits per heavy atom. The van der Waals surface area contributed by atoms with Gasteiger partial charge in [-0.2, -0.15) is 0 Å². The van der Waals surface area contributed by atoms with Gasteiger partial charge in [-0.05, 0) is 104 Å². The number of rotatable bonds is 5. The Morgan fingerprint density at radius 3 is 2.34 bits per heavy atom. The molecule has 0 heterocycles. The van der Waals surface area contributed by atoms with Crippen molar-refractivity contribution in [2.45, 2.75) is 118 Å². The number of carbonyl (C=O) groups is 1. The molecule has 0 spiro atoms. The van der Waals surface area contributed by atoms with Crippen molar-refractivity contribution in [3.63, 3.8) is 0 Å². The van der Waals surface area contributed by atoms with Crippen LogP contribution in [0.2, 0.25) is 0 Å². The molecule has 5 unspecified atom stereocenters. The van der Waals surface area contributed by atoms with Crippen LogP contribution in [-0.2, 0) is 4.79 Å². The van der Waals surface area contributed by atoms with E-state index in [1.165, 1.54) is 64.2 Å². The lowest BCUT2D eigenvalue weighted by Crippen LogP contribution is -2.55. The molecule has 4 aliphatic rings. The third-order valence-corrected chi connectivity index (χ3v) is 10.4. The smallest absolute Gasteiger partial charge is 0.303 e. The monoisotopic (exact) mass is 404 g/mol. The molecule has 0 amide bonds. The second kappa shape index (κ2) is 9.31. The van der Waals surface area contributed by atoms with Crippen molar-refractivity contribution in [3.05, 3.63) is 0 Å². The third kappa shape index (κ3) is 4.03. The van der Waals surface area contributed by atoms with E-state index in [-0.39, 0.29) is 0 Å². The molecule has 1 N–H and O–H groups in total. The minimum atomic E-state index is -0.618. The van der Waals surface area contributed by atoms with Gasteiger partial charge in [-0.25, -0.2) is 0 Å². The van der Waals surface area contributed by atoms with E-state index in [4.69, 9.17) is 5.11 Å². The molecule has 4 fully saturated rings. The van der Waals surface area contributed by atoms with Gasteiger partial charge in [0.05, 0.1) is 0 Å². The van der Waals surface area contributed by atoms with Gasteiger partial charge >= 0.3 is 5.97 Å². The third-order valence-electron chi connectivity index (χ3n) is 10.4. The maximum absolute atomic E-state index is 11.0. The molecule has 0 aliphatic heterocycles. The van der Waals surface area contributed by atoms with Gasteiger partial charge in [-0.15, -0.1) is 0 Å². The normalized spacial score (nSPS) is 46.0. The number of carboxylic acid groups (broad SMARTS) is 1. The molecule has 29 heavy (non-hydrogen) atoms. The van der Waals surface area contributed by atoms with Gasteiger partial charge in [0.15, 0.2) is 0 Å². The zero-order valence-corrected chi connectivity index (χ0v) is 20.0. The van der Waals surface area contributed by atoms with Crippen molar-refractivity contribution in [2.75, 3.05) is 0 Å². The minimum Gasteiger partial charge on any atom is -0.481 e. The highest BCUT2D eigenvalue weighted by molar-refractivity contribution is 5.66. The Bertz CT molecular complexity index is 557. The highest BCUT2D eigenvalue weighted by Crippen LogP contribution is 2.69. The summed E-state index contributed by atoms with van der Waals surface area (Å²) in [5.74, 6) is 4.96. The maximum Gasteiger partial charge on any atom is 0.303 e. The van der Waals surface area contributed by atoms with Crippen LogP contribution in [0, 0.1) is 46.3 Å². The number of carboxylic acids is 1. The Kier molecular flexibility index (Phi) is 7.43. The highest BCUT2D eigenvalue weighted by atomic mass is 16.4. The summed E-state index contributed by atoms with van der Waals surface area (Å²) in [5, 5.41) is 9.03. The van der Waals surface area contributed by atoms with Gasteiger partial charge in [0, 0.05) is 6.42 Å². The predicted octanol–water partition coefficient (Wildman–Crippen LogP) is 7.95. The largest absolute Gasteiger partial charge is 0.481 e. The van der Waals surface area contributed by atoms with Crippen molar-refractivity contribution < 1.29 is 9.90 Å². The standard InChI is InChI=1S/C25H42O2.C2H6/c1-4-17-16-19-21-12-11-18(8-7-10-23(26)27)24(21,2)15-13-22(19)25(3)14-6-5-9-20(17)25;1-2/h17-22H,4-16H2,1-3H3,(H,26,27);1-2H3/t17-,18-,19?,20?,21?,22-,24?,25?;/m0./s1. The molecule has 2 heteroatoms. The first-order valence-corrected chi connectivity index (χ1v) is 13.1. The van der Waals surface area contributed by atoms with Crippen LogP contribution in [0.1, 0.15) is 118 Å². The van der Waals surface area contributed by atoms with E-state index in [2.05, 4.69) is 20.8 Å². The average Bonchev–Trinajstić information content (AvgIpc) is 3.05. The van der Waals surface area contributed by atoms with E-state index in [9.17, 15) is 4.79 Å². The average molecular weight is 405 g/mol. The number of hydrogen-bond acceptors (Lipinski definition) is 1. The zero-order chi connectivity index (χ0) is 21.2.